The summed E-state index contributed by atoms with van der Waals surface area (Å²) in [6, 6.07) is 5.39. The Morgan fingerprint density at radius 3 is 2.41 bits per heavy atom. The van der Waals surface area contributed by atoms with E-state index in [0.29, 0.717) is 18.7 Å². The van der Waals surface area contributed by atoms with Crippen molar-refractivity contribution in [2.24, 2.45) is 5.73 Å². The molecule has 1 rings (SSSR count). The summed E-state index contributed by atoms with van der Waals surface area (Å²) >= 11 is 0. The van der Waals surface area contributed by atoms with Gasteiger partial charge in [-0.15, -0.1) is 0 Å². The van der Waals surface area contributed by atoms with Crippen LogP contribution in [0.3, 0.4) is 0 Å². The van der Waals surface area contributed by atoms with Gasteiger partial charge in [0.2, 0.25) is 5.91 Å². The second-order valence-electron chi connectivity index (χ2n) is 3.95. The SMILES string of the molecule is CCC[C@H](N)C(=O)N(CC)c1ccc(F)cc1. The second kappa shape index (κ2) is 6.35. The third-order valence-electron chi connectivity index (χ3n) is 2.64. The van der Waals surface area contributed by atoms with Crippen molar-refractivity contribution in [2.75, 3.05) is 11.4 Å². The Labute approximate surface area is 101 Å². The van der Waals surface area contributed by atoms with Gasteiger partial charge in [-0.3, -0.25) is 4.79 Å². The largest absolute Gasteiger partial charge is 0.320 e. The molecule has 3 nitrogen and oxygen atoms in total. The molecule has 0 spiro atoms. The van der Waals surface area contributed by atoms with Gasteiger partial charge >= 0.3 is 0 Å². The van der Waals surface area contributed by atoms with Crippen LogP contribution in [0.1, 0.15) is 26.7 Å². The molecule has 0 fully saturated rings. The highest BCUT2D eigenvalue weighted by atomic mass is 19.1. The van der Waals surface area contributed by atoms with E-state index >= 15 is 0 Å². The third-order valence-corrected chi connectivity index (χ3v) is 2.64. The predicted octanol–water partition coefficient (Wildman–Crippen LogP) is 2.31. The quantitative estimate of drug-likeness (QED) is 0.855. The Hall–Kier alpha value is -1.42. The monoisotopic (exact) mass is 238 g/mol. The van der Waals surface area contributed by atoms with Crippen LogP contribution < -0.4 is 10.6 Å². The van der Waals surface area contributed by atoms with Crippen LogP contribution in [0.5, 0.6) is 0 Å². The molecule has 2 N–H and O–H groups in total. The number of halogens is 1. The van der Waals surface area contributed by atoms with Crippen LogP contribution in [0.25, 0.3) is 0 Å². The van der Waals surface area contributed by atoms with Crippen LogP contribution >= 0.6 is 0 Å². The van der Waals surface area contributed by atoms with Gasteiger partial charge in [0.15, 0.2) is 0 Å². The maximum atomic E-state index is 12.8. The van der Waals surface area contributed by atoms with Crippen LogP contribution in [0, 0.1) is 5.82 Å². The van der Waals surface area contributed by atoms with Gasteiger partial charge in [0.05, 0.1) is 6.04 Å². The first-order chi connectivity index (χ1) is 8.10. The first-order valence-electron chi connectivity index (χ1n) is 5.92. The Morgan fingerprint density at radius 2 is 1.94 bits per heavy atom. The van der Waals surface area contributed by atoms with Crippen molar-refractivity contribution in [1.82, 2.24) is 0 Å². The lowest BCUT2D eigenvalue weighted by Crippen LogP contribution is -2.43. The standard InChI is InChI=1S/C13H19FN2O/c1-3-5-12(15)13(17)16(4-2)11-8-6-10(14)7-9-11/h6-9,12H,3-5,15H2,1-2H3/t12-/m0/s1. The van der Waals surface area contributed by atoms with Crippen molar-refractivity contribution in [2.45, 2.75) is 32.7 Å². The molecule has 1 amide bonds. The number of nitrogens with zero attached hydrogens (tertiary/aromatic N) is 1. The topological polar surface area (TPSA) is 46.3 Å². The molecule has 1 aromatic rings. The fourth-order valence-electron chi connectivity index (χ4n) is 1.72. The molecular weight excluding hydrogens is 219 g/mol. The van der Waals surface area contributed by atoms with Crippen LogP contribution in [-0.4, -0.2) is 18.5 Å². The van der Waals surface area contributed by atoms with Crippen molar-refractivity contribution < 1.29 is 9.18 Å². The smallest absolute Gasteiger partial charge is 0.243 e. The summed E-state index contributed by atoms with van der Waals surface area (Å²) in [5, 5.41) is 0. The highest BCUT2D eigenvalue weighted by Gasteiger charge is 2.20. The Bertz CT molecular complexity index is 364. The summed E-state index contributed by atoms with van der Waals surface area (Å²) in [6.45, 7) is 4.39. The molecule has 0 bridgehead atoms. The van der Waals surface area contributed by atoms with Gasteiger partial charge in [-0.25, -0.2) is 4.39 Å². The zero-order valence-electron chi connectivity index (χ0n) is 10.3. The van der Waals surface area contributed by atoms with Gasteiger partial charge in [-0.2, -0.15) is 0 Å². The molecule has 0 aliphatic carbocycles. The second-order valence-corrected chi connectivity index (χ2v) is 3.95. The highest BCUT2D eigenvalue weighted by Crippen LogP contribution is 2.16. The lowest BCUT2D eigenvalue weighted by Gasteiger charge is -2.24. The molecule has 0 aliphatic heterocycles. The minimum Gasteiger partial charge on any atom is -0.320 e. The molecule has 0 heterocycles. The zero-order chi connectivity index (χ0) is 12.8. The highest BCUT2D eigenvalue weighted by molar-refractivity contribution is 5.96. The number of amides is 1. The van der Waals surface area contributed by atoms with Crippen molar-refractivity contribution in [1.29, 1.82) is 0 Å². The number of carbonyl (C=O) groups is 1. The molecule has 0 saturated heterocycles. The van der Waals surface area contributed by atoms with Crippen LogP contribution in [-0.2, 0) is 4.79 Å². The molecular formula is C13H19FN2O. The Kier molecular flexibility index (Phi) is 5.10. The third kappa shape index (κ3) is 3.53. The van der Waals surface area contributed by atoms with Crippen molar-refractivity contribution in [3.05, 3.63) is 30.1 Å². The summed E-state index contributed by atoms with van der Waals surface area (Å²) in [7, 11) is 0. The van der Waals surface area contributed by atoms with Gasteiger partial charge in [0.25, 0.3) is 0 Å². The summed E-state index contributed by atoms with van der Waals surface area (Å²) in [5.41, 5.74) is 6.49. The Morgan fingerprint density at radius 1 is 1.35 bits per heavy atom. The van der Waals surface area contributed by atoms with E-state index in [2.05, 4.69) is 0 Å². The molecule has 17 heavy (non-hydrogen) atoms. The van der Waals surface area contributed by atoms with Crippen LogP contribution in [0.15, 0.2) is 24.3 Å². The number of hydrogen-bond donors (Lipinski definition) is 1. The summed E-state index contributed by atoms with van der Waals surface area (Å²) in [4.78, 5) is 13.6. The average Bonchev–Trinajstić information content (AvgIpc) is 2.32. The van der Waals surface area contributed by atoms with Gasteiger partial charge in [0, 0.05) is 12.2 Å². The number of likely N-dealkylation sites (N-methyl/N-ethyl adjacent to an activating group) is 1. The van der Waals surface area contributed by atoms with E-state index in [1.807, 2.05) is 13.8 Å². The summed E-state index contributed by atoms with van der Waals surface area (Å²) in [5.74, 6) is -0.420. The lowest BCUT2D eigenvalue weighted by atomic mass is 10.1. The zero-order valence-corrected chi connectivity index (χ0v) is 10.3. The van der Waals surface area contributed by atoms with Gasteiger partial charge < -0.3 is 10.6 Å². The van der Waals surface area contributed by atoms with Crippen molar-refractivity contribution in [3.63, 3.8) is 0 Å². The van der Waals surface area contributed by atoms with Crippen LogP contribution in [0.2, 0.25) is 0 Å². The first-order valence-corrected chi connectivity index (χ1v) is 5.92. The van der Waals surface area contributed by atoms with Gasteiger partial charge in [-0.05, 0) is 37.6 Å². The maximum Gasteiger partial charge on any atom is 0.243 e. The molecule has 0 unspecified atom stereocenters. The molecule has 0 aromatic heterocycles. The van der Waals surface area contributed by atoms with E-state index < -0.39 is 6.04 Å². The number of anilines is 1. The number of carbonyl (C=O) groups excluding carboxylic acids is 1. The molecule has 0 radical (unpaired) electrons. The molecule has 1 aromatic carbocycles. The van der Waals surface area contributed by atoms with E-state index in [4.69, 9.17) is 5.73 Å². The fraction of sp³-hybridized carbons (Fsp3) is 0.462. The maximum absolute atomic E-state index is 12.8. The molecule has 4 heteroatoms. The van der Waals surface area contributed by atoms with E-state index in [9.17, 15) is 9.18 Å². The predicted molar refractivity (Wildman–Crippen MR) is 67.3 cm³/mol. The lowest BCUT2D eigenvalue weighted by molar-refractivity contribution is -0.119. The fourth-order valence-corrected chi connectivity index (χ4v) is 1.72. The molecule has 94 valence electrons. The Balaban J connectivity index is 2.84. The number of rotatable bonds is 5. The number of nitrogens with two attached hydrogens (primary N) is 1. The first kappa shape index (κ1) is 13.6. The minimum absolute atomic E-state index is 0.110. The van der Waals surface area contributed by atoms with Crippen LogP contribution in [0.4, 0.5) is 10.1 Å². The van der Waals surface area contributed by atoms with Crippen molar-refractivity contribution >= 4 is 11.6 Å². The van der Waals surface area contributed by atoms with E-state index in [0.717, 1.165) is 6.42 Å². The molecule has 0 saturated carbocycles. The molecule has 1 atom stereocenters. The van der Waals surface area contributed by atoms with E-state index in [1.54, 1.807) is 17.0 Å². The van der Waals surface area contributed by atoms with Gasteiger partial charge in [0.1, 0.15) is 5.82 Å². The summed E-state index contributed by atoms with van der Waals surface area (Å²) < 4.78 is 12.8. The molecule has 0 aliphatic rings. The number of hydrogen-bond acceptors (Lipinski definition) is 2. The number of benzene rings is 1. The van der Waals surface area contributed by atoms with E-state index in [-0.39, 0.29) is 11.7 Å². The van der Waals surface area contributed by atoms with E-state index in [1.165, 1.54) is 12.1 Å². The normalized spacial score (nSPS) is 12.2. The van der Waals surface area contributed by atoms with Crippen molar-refractivity contribution in [3.8, 4) is 0 Å². The minimum atomic E-state index is -0.481. The summed E-state index contributed by atoms with van der Waals surface area (Å²) in [6.07, 6.45) is 1.53. The van der Waals surface area contributed by atoms with Gasteiger partial charge in [-0.1, -0.05) is 13.3 Å². The average molecular weight is 238 g/mol.